The van der Waals surface area contributed by atoms with Gasteiger partial charge in [0.05, 0.1) is 0 Å². The second kappa shape index (κ2) is 17.3. The highest BCUT2D eigenvalue weighted by Gasteiger charge is 1.84. The largest absolute Gasteiger partial charge is 0.103 e. The smallest absolute Gasteiger partial charge is 0.0353 e. The van der Waals surface area contributed by atoms with Crippen LogP contribution >= 0.6 is 0 Å². The van der Waals surface area contributed by atoms with Gasteiger partial charge in [0.2, 0.25) is 0 Å². The van der Waals surface area contributed by atoms with E-state index in [4.69, 9.17) is 0 Å². The van der Waals surface area contributed by atoms with Crippen LogP contribution < -0.4 is 0 Å². The Balaban J connectivity index is 0. The van der Waals surface area contributed by atoms with Gasteiger partial charge in [0.1, 0.15) is 0 Å². The minimum atomic E-state index is 1.20. The number of rotatable bonds is 7. The molecule has 0 rings (SSSR count). The average molecular weight is 180 g/mol. The highest BCUT2D eigenvalue weighted by Crippen LogP contribution is 2.04. The summed E-state index contributed by atoms with van der Waals surface area (Å²) in [7, 11) is 0. The highest BCUT2D eigenvalue weighted by molar-refractivity contribution is 4.88. The quantitative estimate of drug-likeness (QED) is 0.297. The summed E-state index contributed by atoms with van der Waals surface area (Å²) < 4.78 is 0. The Labute approximate surface area is 84.1 Å². The molecule has 0 aromatic rings. The summed E-state index contributed by atoms with van der Waals surface area (Å²) in [5.41, 5.74) is 0. The Morgan fingerprint density at radius 2 is 1.38 bits per heavy atom. The minimum Gasteiger partial charge on any atom is -0.103 e. The van der Waals surface area contributed by atoms with E-state index in [0.29, 0.717) is 0 Å². The Hall–Kier alpha value is -0.780. The number of hydrogen-bond acceptors (Lipinski definition) is 0. The maximum Gasteiger partial charge on any atom is -0.0353 e. The summed E-state index contributed by atoms with van der Waals surface area (Å²) in [6.45, 7) is 12.6. The fraction of sp³-hybridized carbons (Fsp3) is 0.538. The van der Waals surface area contributed by atoms with Crippen molar-refractivity contribution >= 4 is 0 Å². The molecule has 0 unspecified atom stereocenters. The molecule has 0 N–H and O–H groups in total. The van der Waals surface area contributed by atoms with E-state index in [1.54, 1.807) is 12.2 Å². The lowest BCUT2D eigenvalue weighted by atomic mass is 10.1. The van der Waals surface area contributed by atoms with Crippen molar-refractivity contribution in [2.24, 2.45) is 0 Å². The molecule has 0 bridgehead atoms. The highest BCUT2D eigenvalue weighted by atomic mass is 13.9. The van der Waals surface area contributed by atoms with Crippen molar-refractivity contribution in [1.82, 2.24) is 0 Å². The van der Waals surface area contributed by atoms with Crippen LogP contribution in [0.1, 0.15) is 45.4 Å². The third-order valence-electron chi connectivity index (χ3n) is 1.68. The molecule has 0 aliphatic carbocycles. The standard InChI is InChI=1S/C9H18.C4H6/c1-3-5-7-9-8-6-4-2;1-3-4-2/h3H,1,4-9H2,2H3;3-4H,1-2H2. The van der Waals surface area contributed by atoms with Crippen LogP contribution in [0.3, 0.4) is 0 Å². The van der Waals surface area contributed by atoms with Gasteiger partial charge in [-0.3, -0.25) is 0 Å². The zero-order valence-corrected chi connectivity index (χ0v) is 9.10. The first-order chi connectivity index (χ1) is 6.33. The monoisotopic (exact) mass is 180 g/mol. The third kappa shape index (κ3) is 24.7. The Bertz CT molecular complexity index is 105. The van der Waals surface area contributed by atoms with E-state index >= 15 is 0 Å². The number of unbranched alkanes of at least 4 members (excludes halogenated alkanes) is 5. The molecule has 0 heterocycles. The lowest BCUT2D eigenvalue weighted by Gasteiger charge is -1.94. The zero-order valence-electron chi connectivity index (χ0n) is 9.10. The van der Waals surface area contributed by atoms with Gasteiger partial charge in [0.25, 0.3) is 0 Å². The molecule has 0 radical (unpaired) electrons. The molecule has 0 atom stereocenters. The van der Waals surface area contributed by atoms with Crippen molar-refractivity contribution < 1.29 is 0 Å². The first kappa shape index (κ1) is 14.7. The molecule has 13 heavy (non-hydrogen) atoms. The van der Waals surface area contributed by atoms with Crippen molar-refractivity contribution in [1.29, 1.82) is 0 Å². The van der Waals surface area contributed by atoms with Crippen LogP contribution in [0.15, 0.2) is 38.0 Å². The van der Waals surface area contributed by atoms with Crippen LogP contribution in [-0.2, 0) is 0 Å². The molecule has 0 aliphatic heterocycles. The Morgan fingerprint density at radius 1 is 0.846 bits per heavy atom. The van der Waals surface area contributed by atoms with Gasteiger partial charge in [-0.05, 0) is 12.8 Å². The number of hydrogen-bond donors (Lipinski definition) is 0. The first-order valence-electron chi connectivity index (χ1n) is 5.17. The van der Waals surface area contributed by atoms with Gasteiger partial charge in [-0.25, -0.2) is 0 Å². The van der Waals surface area contributed by atoms with Gasteiger partial charge in [0, 0.05) is 0 Å². The van der Waals surface area contributed by atoms with Gasteiger partial charge in [-0.1, -0.05) is 64.0 Å². The van der Waals surface area contributed by atoms with Crippen LogP contribution in [0.5, 0.6) is 0 Å². The van der Waals surface area contributed by atoms with E-state index in [9.17, 15) is 0 Å². The maximum atomic E-state index is 3.68. The van der Waals surface area contributed by atoms with Crippen molar-refractivity contribution in [3.8, 4) is 0 Å². The summed E-state index contributed by atoms with van der Waals surface area (Å²) in [5, 5.41) is 0. The van der Waals surface area contributed by atoms with Crippen LogP contribution in [0.25, 0.3) is 0 Å². The summed E-state index contributed by atoms with van der Waals surface area (Å²) in [6.07, 6.45) is 13.4. The van der Waals surface area contributed by atoms with Crippen molar-refractivity contribution in [3.05, 3.63) is 38.0 Å². The third-order valence-corrected chi connectivity index (χ3v) is 1.68. The van der Waals surface area contributed by atoms with E-state index in [0.717, 1.165) is 0 Å². The second-order valence-corrected chi connectivity index (χ2v) is 2.96. The predicted molar refractivity (Wildman–Crippen MR) is 64.0 cm³/mol. The summed E-state index contributed by atoms with van der Waals surface area (Å²) >= 11 is 0. The SMILES string of the molecule is C=CC=C.C=CCCCCCCC. The summed E-state index contributed by atoms with van der Waals surface area (Å²) in [5.74, 6) is 0. The molecular weight excluding hydrogens is 156 g/mol. The Morgan fingerprint density at radius 3 is 1.77 bits per heavy atom. The molecule has 0 nitrogen and oxygen atoms in total. The van der Waals surface area contributed by atoms with E-state index in [2.05, 4.69) is 26.7 Å². The lowest BCUT2D eigenvalue weighted by molar-refractivity contribution is 0.638. The molecule has 0 spiro atoms. The predicted octanol–water partition coefficient (Wildman–Crippen LogP) is 4.89. The molecule has 0 aromatic carbocycles. The summed E-state index contributed by atoms with van der Waals surface area (Å²) in [6, 6.07) is 0. The lowest BCUT2D eigenvalue weighted by Crippen LogP contribution is -1.74. The molecule has 0 fully saturated rings. The van der Waals surface area contributed by atoms with Crippen LogP contribution in [0, 0.1) is 0 Å². The van der Waals surface area contributed by atoms with Crippen molar-refractivity contribution in [3.63, 3.8) is 0 Å². The maximum absolute atomic E-state index is 3.68. The molecule has 0 heteroatoms. The molecule has 0 aliphatic rings. The average Bonchev–Trinajstić information content (AvgIpc) is 2.18. The molecule has 0 amide bonds. The first-order valence-corrected chi connectivity index (χ1v) is 5.17. The molecule has 76 valence electrons. The van der Waals surface area contributed by atoms with Crippen molar-refractivity contribution in [2.75, 3.05) is 0 Å². The van der Waals surface area contributed by atoms with Crippen LogP contribution in [0.4, 0.5) is 0 Å². The molecule has 0 saturated carbocycles. The molecule has 0 saturated heterocycles. The van der Waals surface area contributed by atoms with Crippen molar-refractivity contribution in [2.45, 2.75) is 45.4 Å². The van der Waals surface area contributed by atoms with E-state index in [1.807, 2.05) is 6.08 Å². The van der Waals surface area contributed by atoms with Gasteiger partial charge < -0.3 is 0 Å². The fourth-order valence-corrected chi connectivity index (χ4v) is 0.892. The fourth-order valence-electron chi connectivity index (χ4n) is 0.892. The van der Waals surface area contributed by atoms with E-state index < -0.39 is 0 Å². The van der Waals surface area contributed by atoms with Gasteiger partial charge in [0.15, 0.2) is 0 Å². The van der Waals surface area contributed by atoms with Crippen LogP contribution in [-0.4, -0.2) is 0 Å². The Kier molecular flexibility index (Phi) is 19.7. The van der Waals surface area contributed by atoms with E-state index in [1.165, 1.54) is 38.5 Å². The summed E-state index contributed by atoms with van der Waals surface area (Å²) in [4.78, 5) is 0. The molecular formula is C13H24. The topological polar surface area (TPSA) is 0 Å². The van der Waals surface area contributed by atoms with E-state index in [-0.39, 0.29) is 0 Å². The normalized spacial score (nSPS) is 8.08. The van der Waals surface area contributed by atoms with Gasteiger partial charge in [-0.15, -0.1) is 6.58 Å². The molecule has 0 aromatic heterocycles. The van der Waals surface area contributed by atoms with Crippen LogP contribution in [0.2, 0.25) is 0 Å². The number of allylic oxidation sites excluding steroid dienone is 3. The van der Waals surface area contributed by atoms with Gasteiger partial charge in [-0.2, -0.15) is 0 Å². The second-order valence-electron chi connectivity index (χ2n) is 2.96. The van der Waals surface area contributed by atoms with Gasteiger partial charge >= 0.3 is 0 Å². The zero-order chi connectivity index (χ0) is 10.4. The minimum absolute atomic E-state index is 1.20.